The van der Waals surface area contributed by atoms with Gasteiger partial charge in [0.25, 0.3) is 0 Å². The molecule has 0 heterocycles. The highest BCUT2D eigenvalue weighted by Gasteiger charge is 2.40. The standard InChI is InChI=1S/C10H10F4N2O3/c1-19-8-4-6(2-3-7(8)16(17)18)15-5-10(13,14)9(11)12/h2-4,9,15H,5H2,1H3. The number of methoxy groups -OCH3 is 1. The van der Waals surface area contributed by atoms with Crippen molar-refractivity contribution < 1.29 is 27.2 Å². The first-order valence-electron chi connectivity index (χ1n) is 5.00. The molecule has 0 saturated carbocycles. The molecule has 106 valence electrons. The minimum absolute atomic E-state index is 0.0165. The van der Waals surface area contributed by atoms with Gasteiger partial charge in [-0.1, -0.05) is 0 Å². The lowest BCUT2D eigenvalue weighted by molar-refractivity contribution is -0.385. The van der Waals surface area contributed by atoms with Crippen LogP contribution in [0.3, 0.4) is 0 Å². The number of ether oxygens (including phenoxy) is 1. The molecule has 19 heavy (non-hydrogen) atoms. The van der Waals surface area contributed by atoms with Crippen LogP contribution in [0.4, 0.5) is 28.9 Å². The topological polar surface area (TPSA) is 64.4 Å². The van der Waals surface area contributed by atoms with Gasteiger partial charge < -0.3 is 10.1 Å². The summed E-state index contributed by atoms with van der Waals surface area (Å²) in [6.45, 7) is -1.29. The predicted octanol–water partition coefficient (Wildman–Crippen LogP) is 2.92. The summed E-state index contributed by atoms with van der Waals surface area (Å²) in [6.07, 6.45) is -3.79. The van der Waals surface area contributed by atoms with Crippen LogP contribution in [0.5, 0.6) is 5.75 Å². The largest absolute Gasteiger partial charge is 0.490 e. The number of anilines is 1. The van der Waals surface area contributed by atoms with Gasteiger partial charge in [0.1, 0.15) is 0 Å². The number of nitrogens with zero attached hydrogens (tertiary/aromatic N) is 1. The molecule has 1 aromatic rings. The van der Waals surface area contributed by atoms with Crippen molar-refractivity contribution in [1.82, 2.24) is 0 Å². The summed E-state index contributed by atoms with van der Waals surface area (Å²) in [4.78, 5) is 9.87. The van der Waals surface area contributed by atoms with Gasteiger partial charge in [-0.15, -0.1) is 0 Å². The first-order valence-corrected chi connectivity index (χ1v) is 5.00. The average molecular weight is 282 g/mol. The molecule has 1 rings (SSSR count). The number of hydrogen-bond donors (Lipinski definition) is 1. The molecule has 0 spiro atoms. The van der Waals surface area contributed by atoms with E-state index in [0.29, 0.717) is 0 Å². The molecule has 0 radical (unpaired) electrons. The minimum Gasteiger partial charge on any atom is -0.490 e. The molecule has 9 heteroatoms. The Hall–Kier alpha value is -2.06. The maximum absolute atomic E-state index is 12.7. The minimum atomic E-state index is -4.19. The number of alkyl halides is 4. The van der Waals surface area contributed by atoms with Gasteiger partial charge in [-0.3, -0.25) is 10.1 Å². The Morgan fingerprint density at radius 1 is 1.47 bits per heavy atom. The Morgan fingerprint density at radius 2 is 2.11 bits per heavy atom. The lowest BCUT2D eigenvalue weighted by Crippen LogP contribution is -2.34. The van der Waals surface area contributed by atoms with Crippen molar-refractivity contribution in [3.8, 4) is 5.75 Å². The number of benzene rings is 1. The molecule has 0 fully saturated rings. The van der Waals surface area contributed by atoms with Crippen LogP contribution in [0.15, 0.2) is 18.2 Å². The van der Waals surface area contributed by atoms with Crippen molar-refractivity contribution >= 4 is 11.4 Å². The van der Waals surface area contributed by atoms with E-state index in [4.69, 9.17) is 4.74 Å². The van der Waals surface area contributed by atoms with Gasteiger partial charge in [0.05, 0.1) is 18.6 Å². The first-order chi connectivity index (χ1) is 8.77. The van der Waals surface area contributed by atoms with E-state index in [1.807, 2.05) is 0 Å². The van der Waals surface area contributed by atoms with Crippen molar-refractivity contribution in [2.75, 3.05) is 19.0 Å². The first kappa shape index (κ1) is 15.0. The highest BCUT2D eigenvalue weighted by atomic mass is 19.3. The van der Waals surface area contributed by atoms with E-state index >= 15 is 0 Å². The van der Waals surface area contributed by atoms with Crippen molar-refractivity contribution in [1.29, 1.82) is 0 Å². The van der Waals surface area contributed by atoms with E-state index in [2.05, 4.69) is 5.32 Å². The van der Waals surface area contributed by atoms with Crippen LogP contribution >= 0.6 is 0 Å². The van der Waals surface area contributed by atoms with Crippen LogP contribution < -0.4 is 10.1 Å². The van der Waals surface area contributed by atoms with Crippen LogP contribution in [0.2, 0.25) is 0 Å². The Bertz CT molecular complexity index is 468. The summed E-state index contributed by atoms with van der Waals surface area (Å²) in [5, 5.41) is 12.7. The lowest BCUT2D eigenvalue weighted by Gasteiger charge is -2.16. The van der Waals surface area contributed by atoms with Crippen LogP contribution in [-0.2, 0) is 0 Å². The Labute approximate surface area is 105 Å². The SMILES string of the molecule is COc1cc(NCC(F)(F)C(F)F)ccc1[N+](=O)[O-]. The van der Waals surface area contributed by atoms with Gasteiger partial charge in [0.2, 0.25) is 0 Å². The third-order valence-corrected chi connectivity index (χ3v) is 2.22. The zero-order chi connectivity index (χ0) is 14.6. The fourth-order valence-corrected chi connectivity index (χ4v) is 1.24. The number of halogens is 4. The molecule has 0 amide bonds. The van der Waals surface area contributed by atoms with E-state index in [1.54, 1.807) is 0 Å². The number of rotatable bonds is 6. The second kappa shape index (κ2) is 5.72. The van der Waals surface area contributed by atoms with Crippen LogP contribution in [0, 0.1) is 10.1 Å². The van der Waals surface area contributed by atoms with E-state index in [0.717, 1.165) is 18.2 Å². The van der Waals surface area contributed by atoms with Gasteiger partial charge >= 0.3 is 18.0 Å². The number of nitro groups is 1. The van der Waals surface area contributed by atoms with Crippen molar-refractivity contribution in [3.63, 3.8) is 0 Å². The normalized spacial score (nSPS) is 11.5. The molecule has 0 aliphatic rings. The van der Waals surface area contributed by atoms with E-state index < -0.39 is 23.8 Å². The predicted molar refractivity (Wildman–Crippen MR) is 59.1 cm³/mol. The second-order valence-corrected chi connectivity index (χ2v) is 3.56. The number of nitro benzene ring substituents is 1. The van der Waals surface area contributed by atoms with Crippen molar-refractivity contribution in [2.24, 2.45) is 0 Å². The van der Waals surface area contributed by atoms with Crippen molar-refractivity contribution in [3.05, 3.63) is 28.3 Å². The third kappa shape index (κ3) is 3.70. The molecular weight excluding hydrogens is 272 g/mol. The van der Waals surface area contributed by atoms with Crippen LogP contribution in [-0.4, -0.2) is 30.9 Å². The molecule has 0 bridgehead atoms. The van der Waals surface area contributed by atoms with Gasteiger partial charge in [-0.25, -0.2) is 8.78 Å². The molecule has 1 N–H and O–H groups in total. The summed E-state index contributed by atoms with van der Waals surface area (Å²) in [5.41, 5.74) is -0.337. The van der Waals surface area contributed by atoms with Crippen molar-refractivity contribution in [2.45, 2.75) is 12.3 Å². The summed E-state index contributed by atoms with van der Waals surface area (Å²) in [5.74, 6) is -4.34. The zero-order valence-corrected chi connectivity index (χ0v) is 9.70. The molecule has 0 aromatic heterocycles. The Morgan fingerprint density at radius 3 is 2.58 bits per heavy atom. The maximum Gasteiger partial charge on any atom is 0.324 e. The lowest BCUT2D eigenvalue weighted by atomic mass is 10.2. The molecule has 1 aromatic carbocycles. The molecule has 0 unspecified atom stereocenters. The highest BCUT2D eigenvalue weighted by Crippen LogP contribution is 2.30. The number of nitrogens with one attached hydrogen (secondary N) is 1. The van der Waals surface area contributed by atoms with Crippen LogP contribution in [0.1, 0.15) is 0 Å². The molecule has 0 aliphatic heterocycles. The van der Waals surface area contributed by atoms with Gasteiger partial charge in [0.15, 0.2) is 5.75 Å². The molecular formula is C10H10F4N2O3. The van der Waals surface area contributed by atoms with E-state index in [9.17, 15) is 27.7 Å². The molecule has 5 nitrogen and oxygen atoms in total. The fraction of sp³-hybridized carbons (Fsp3) is 0.400. The van der Waals surface area contributed by atoms with Crippen LogP contribution in [0.25, 0.3) is 0 Å². The average Bonchev–Trinajstić information content (AvgIpc) is 2.35. The highest BCUT2D eigenvalue weighted by molar-refractivity contribution is 5.58. The summed E-state index contributed by atoms with van der Waals surface area (Å²) >= 11 is 0. The quantitative estimate of drug-likeness (QED) is 0.495. The summed E-state index contributed by atoms with van der Waals surface area (Å²) in [7, 11) is 1.17. The van der Waals surface area contributed by atoms with Gasteiger partial charge in [-0.05, 0) is 6.07 Å². The Kier molecular flexibility index (Phi) is 4.52. The van der Waals surface area contributed by atoms with E-state index in [-0.39, 0.29) is 17.1 Å². The smallest absolute Gasteiger partial charge is 0.324 e. The van der Waals surface area contributed by atoms with E-state index in [1.165, 1.54) is 7.11 Å². The molecule has 0 aliphatic carbocycles. The Balaban J connectivity index is 2.84. The number of hydrogen-bond acceptors (Lipinski definition) is 4. The maximum atomic E-state index is 12.7. The fourth-order valence-electron chi connectivity index (χ4n) is 1.24. The summed E-state index contributed by atoms with van der Waals surface area (Å²) < 4.78 is 53.9. The molecule has 0 saturated heterocycles. The van der Waals surface area contributed by atoms with Gasteiger partial charge in [0, 0.05) is 17.8 Å². The summed E-state index contributed by atoms with van der Waals surface area (Å²) in [6, 6.07) is 3.24. The second-order valence-electron chi connectivity index (χ2n) is 3.56. The third-order valence-electron chi connectivity index (χ3n) is 2.22. The monoisotopic (exact) mass is 282 g/mol. The zero-order valence-electron chi connectivity index (χ0n) is 9.70. The molecule has 0 atom stereocenters. The van der Waals surface area contributed by atoms with Gasteiger partial charge in [-0.2, -0.15) is 8.78 Å².